The van der Waals surface area contributed by atoms with Gasteiger partial charge in [0.25, 0.3) is 0 Å². The van der Waals surface area contributed by atoms with Crippen LogP contribution in [0.4, 0.5) is 9.18 Å². The van der Waals surface area contributed by atoms with Crippen molar-refractivity contribution in [3.8, 4) is 5.75 Å². The highest BCUT2D eigenvalue weighted by Gasteiger charge is 2.21. The standard InChI is InChI=1S/C31H41FN6O4/c1-8-21(5)34-22(6)24(9-2)14-28(29(41)10-3)35-30(36-31(42)37(7)26-11-20(4)16-33-17-26)38(19-39)18-23-12-25(32)15-27(40)13-23/h9-15,17,19,21,33,40-41H,8,16,18H2,1-7H3,(H,35,36,42)/b24-9-,28-14+,29-10+,34-22?. The smallest absolute Gasteiger partial charge is 0.328 e. The Morgan fingerprint density at radius 2 is 1.98 bits per heavy atom. The number of aliphatic hydroxyl groups excluding tert-OH is 1. The number of nitrogens with one attached hydrogen (secondary N) is 2. The zero-order chi connectivity index (χ0) is 31.4. The van der Waals surface area contributed by atoms with Crippen LogP contribution in [0.3, 0.4) is 0 Å². The second-order valence-corrected chi connectivity index (χ2v) is 9.84. The summed E-state index contributed by atoms with van der Waals surface area (Å²) in [4.78, 5) is 37.3. The fourth-order valence-corrected chi connectivity index (χ4v) is 3.87. The number of aromatic hydroxyl groups is 1. The first-order chi connectivity index (χ1) is 19.9. The quantitative estimate of drug-likeness (QED) is 0.0964. The molecule has 11 heteroatoms. The first kappa shape index (κ1) is 33.5. The van der Waals surface area contributed by atoms with Gasteiger partial charge in [-0.15, -0.1) is 0 Å². The van der Waals surface area contributed by atoms with Crippen LogP contribution in [0.15, 0.2) is 87.0 Å². The number of halogens is 1. The monoisotopic (exact) mass is 580 g/mol. The average Bonchev–Trinajstić information content (AvgIpc) is 2.95. The molecule has 1 aliphatic rings. The minimum Gasteiger partial charge on any atom is -0.508 e. The van der Waals surface area contributed by atoms with Crippen LogP contribution < -0.4 is 10.6 Å². The highest BCUT2D eigenvalue weighted by atomic mass is 19.1. The van der Waals surface area contributed by atoms with Gasteiger partial charge in [0.2, 0.25) is 12.4 Å². The predicted molar refractivity (Wildman–Crippen MR) is 164 cm³/mol. The van der Waals surface area contributed by atoms with Crippen molar-refractivity contribution in [2.24, 2.45) is 9.98 Å². The number of allylic oxidation sites excluding steroid dienone is 5. The summed E-state index contributed by atoms with van der Waals surface area (Å²) in [7, 11) is 1.55. The Morgan fingerprint density at radius 3 is 2.55 bits per heavy atom. The molecule has 0 spiro atoms. The molecule has 42 heavy (non-hydrogen) atoms. The largest absolute Gasteiger partial charge is 0.508 e. The summed E-state index contributed by atoms with van der Waals surface area (Å²) in [5.74, 6) is -1.46. The molecule has 2 rings (SSSR count). The van der Waals surface area contributed by atoms with Crippen LogP contribution in [0.25, 0.3) is 0 Å². The number of amides is 3. The van der Waals surface area contributed by atoms with E-state index in [1.54, 1.807) is 26.2 Å². The molecule has 1 aliphatic heterocycles. The maximum absolute atomic E-state index is 14.0. The molecule has 4 N–H and O–H groups in total. The molecule has 0 aromatic heterocycles. The molecule has 1 aromatic carbocycles. The summed E-state index contributed by atoms with van der Waals surface area (Å²) in [5.41, 5.74) is 3.28. The van der Waals surface area contributed by atoms with E-state index < -0.39 is 11.8 Å². The summed E-state index contributed by atoms with van der Waals surface area (Å²) in [6, 6.07) is 2.84. The molecule has 0 saturated carbocycles. The van der Waals surface area contributed by atoms with Gasteiger partial charge in [0.05, 0.1) is 12.2 Å². The van der Waals surface area contributed by atoms with Gasteiger partial charge in [0.15, 0.2) is 0 Å². The number of benzene rings is 1. The Balaban J connectivity index is 2.65. The van der Waals surface area contributed by atoms with Crippen LogP contribution >= 0.6 is 0 Å². The van der Waals surface area contributed by atoms with Gasteiger partial charge in [-0.25, -0.2) is 14.2 Å². The number of urea groups is 1. The average molecular weight is 581 g/mol. The topological polar surface area (TPSA) is 130 Å². The van der Waals surface area contributed by atoms with Crippen molar-refractivity contribution in [3.63, 3.8) is 0 Å². The number of nitrogens with zero attached hydrogens (tertiary/aromatic N) is 4. The maximum atomic E-state index is 14.0. The lowest BCUT2D eigenvalue weighted by Gasteiger charge is -2.26. The Bertz CT molecular complexity index is 1350. The number of dihydropyridines is 1. The lowest BCUT2D eigenvalue weighted by molar-refractivity contribution is -0.115. The number of rotatable bonds is 10. The Morgan fingerprint density at radius 1 is 1.26 bits per heavy atom. The van der Waals surface area contributed by atoms with Gasteiger partial charge in [-0.3, -0.25) is 24.9 Å². The first-order valence-corrected chi connectivity index (χ1v) is 13.6. The summed E-state index contributed by atoms with van der Waals surface area (Å²) in [5, 5.41) is 26.4. The van der Waals surface area contributed by atoms with Crippen molar-refractivity contribution in [1.82, 2.24) is 20.4 Å². The molecule has 0 aliphatic carbocycles. The van der Waals surface area contributed by atoms with E-state index in [1.807, 2.05) is 46.8 Å². The molecular weight excluding hydrogens is 539 g/mol. The van der Waals surface area contributed by atoms with Crippen LogP contribution in [-0.2, 0) is 11.3 Å². The van der Waals surface area contributed by atoms with E-state index >= 15 is 0 Å². The number of aliphatic hydroxyl groups is 1. The molecule has 226 valence electrons. The van der Waals surface area contributed by atoms with Gasteiger partial charge < -0.3 is 15.5 Å². The molecule has 3 amide bonds. The number of phenolic OH excluding ortho intramolecular Hbond substituents is 1. The van der Waals surface area contributed by atoms with E-state index in [0.29, 0.717) is 24.2 Å². The minimum absolute atomic E-state index is 0.0467. The van der Waals surface area contributed by atoms with Crippen LogP contribution in [0.1, 0.15) is 53.5 Å². The highest BCUT2D eigenvalue weighted by molar-refractivity contribution is 6.02. The number of likely N-dealkylation sites (N-methyl/N-ethyl adjacent to an activating group) is 1. The van der Waals surface area contributed by atoms with Gasteiger partial charge in [0.1, 0.15) is 23.0 Å². The Labute approximate surface area is 247 Å². The number of phenols is 1. The molecule has 0 saturated heterocycles. The third-order valence-corrected chi connectivity index (χ3v) is 6.42. The molecule has 1 heterocycles. The number of carbonyl (C=O) groups excluding carboxylic acids is 2. The third-order valence-electron chi connectivity index (χ3n) is 6.42. The number of aliphatic imine (C=N–C) groups is 2. The van der Waals surface area contributed by atoms with Gasteiger partial charge in [-0.2, -0.15) is 0 Å². The second kappa shape index (κ2) is 15.9. The van der Waals surface area contributed by atoms with Gasteiger partial charge in [-0.05, 0) is 82.5 Å². The number of guanidine groups is 1. The second-order valence-electron chi connectivity index (χ2n) is 9.84. The van der Waals surface area contributed by atoms with E-state index in [1.165, 1.54) is 17.0 Å². The lowest BCUT2D eigenvalue weighted by Crippen LogP contribution is -2.48. The van der Waals surface area contributed by atoms with Crippen molar-refractivity contribution < 1.29 is 24.2 Å². The van der Waals surface area contributed by atoms with Crippen LogP contribution in [0.2, 0.25) is 0 Å². The summed E-state index contributed by atoms with van der Waals surface area (Å²) < 4.78 is 14.0. The minimum atomic E-state index is -0.696. The van der Waals surface area contributed by atoms with Crippen molar-refractivity contribution in [2.75, 3.05) is 13.6 Å². The maximum Gasteiger partial charge on any atom is 0.328 e. The first-order valence-electron chi connectivity index (χ1n) is 13.6. The molecule has 1 aromatic rings. The van der Waals surface area contributed by atoms with Crippen LogP contribution in [0.5, 0.6) is 5.75 Å². The molecule has 10 nitrogen and oxygen atoms in total. The van der Waals surface area contributed by atoms with Crippen molar-refractivity contribution in [3.05, 3.63) is 88.4 Å². The molecule has 1 atom stereocenters. The van der Waals surface area contributed by atoms with Crippen molar-refractivity contribution >= 4 is 24.1 Å². The molecule has 0 radical (unpaired) electrons. The van der Waals surface area contributed by atoms with Crippen LogP contribution in [-0.4, -0.2) is 63.8 Å². The van der Waals surface area contributed by atoms with Gasteiger partial charge in [-0.1, -0.05) is 18.6 Å². The molecule has 1 unspecified atom stereocenters. The number of carbonyl (C=O) groups is 2. The van der Waals surface area contributed by atoms with Crippen molar-refractivity contribution in [1.29, 1.82) is 0 Å². The van der Waals surface area contributed by atoms with Gasteiger partial charge >= 0.3 is 6.03 Å². The van der Waals surface area contributed by atoms with Crippen LogP contribution in [0, 0.1) is 5.82 Å². The zero-order valence-electron chi connectivity index (χ0n) is 25.3. The summed E-state index contributed by atoms with van der Waals surface area (Å²) in [6.07, 6.45) is 9.64. The third kappa shape index (κ3) is 9.76. The molecular formula is C31H41FN6O4. The predicted octanol–water partition coefficient (Wildman–Crippen LogP) is 5.43. The summed E-state index contributed by atoms with van der Waals surface area (Å²) in [6.45, 7) is 11.6. The molecule has 0 bridgehead atoms. The Hall–Kier alpha value is -4.67. The number of hydrogen-bond acceptors (Lipinski definition) is 7. The Kier molecular flexibility index (Phi) is 12.7. The molecule has 0 fully saturated rings. The van der Waals surface area contributed by atoms with E-state index in [2.05, 4.69) is 20.6 Å². The normalized spacial score (nSPS) is 15.8. The van der Waals surface area contributed by atoms with E-state index in [-0.39, 0.29) is 41.3 Å². The van der Waals surface area contributed by atoms with Gasteiger partial charge in [0, 0.05) is 37.6 Å². The van der Waals surface area contributed by atoms with E-state index in [4.69, 9.17) is 0 Å². The SMILES string of the molecule is C/C=C(/C=C(N=C(NC(=O)N(C)C1=CNCC(C)=C1)N(C=O)Cc1cc(O)cc(F)c1)\C(O)=C/C)C(C)=NC(C)CC. The summed E-state index contributed by atoms with van der Waals surface area (Å²) >= 11 is 0. The fraction of sp³-hybridized carbons (Fsp3) is 0.355. The van der Waals surface area contributed by atoms with E-state index in [0.717, 1.165) is 34.7 Å². The zero-order valence-corrected chi connectivity index (χ0v) is 25.3. The highest BCUT2D eigenvalue weighted by Crippen LogP contribution is 2.19. The van der Waals surface area contributed by atoms with Crippen molar-refractivity contribution in [2.45, 2.75) is 60.5 Å². The number of hydrogen-bond donors (Lipinski definition) is 4. The fourth-order valence-electron chi connectivity index (χ4n) is 3.87. The van der Waals surface area contributed by atoms with E-state index in [9.17, 15) is 24.2 Å². The lowest BCUT2D eigenvalue weighted by atomic mass is 10.1.